The third-order valence-electron chi connectivity index (χ3n) is 5.22. The van der Waals surface area contributed by atoms with Crippen molar-refractivity contribution in [1.82, 2.24) is 5.32 Å². The van der Waals surface area contributed by atoms with E-state index in [0.29, 0.717) is 29.3 Å². The second kappa shape index (κ2) is 11.9. The van der Waals surface area contributed by atoms with Crippen molar-refractivity contribution in [2.45, 2.75) is 38.8 Å². The molecule has 7 nitrogen and oxygen atoms in total. The van der Waals surface area contributed by atoms with Gasteiger partial charge in [-0.15, -0.1) is 0 Å². The summed E-state index contributed by atoms with van der Waals surface area (Å²) in [6.45, 7) is 4.51. The van der Waals surface area contributed by atoms with Crippen LogP contribution in [0.3, 0.4) is 0 Å². The molecular weight excluding hydrogens is 454 g/mol. The minimum atomic E-state index is -4.59. The standard InChI is InChI=1S/C26H29NO6S/c1-19(2)27-16-15-23(21-9-5-3-6-10-21)24-17-20(18-32-34(29,30)31)13-14-25(24)33-26(28)22-11-7-4-8-12-22/h3-14,17,19,23,27H,15-16,18H2,1-2H3,(H,29,30,31). The van der Waals surface area contributed by atoms with Crippen LogP contribution in [0.1, 0.15) is 53.2 Å². The third kappa shape index (κ3) is 7.78. The number of hydrogen-bond donors (Lipinski definition) is 2. The van der Waals surface area contributed by atoms with Gasteiger partial charge < -0.3 is 10.1 Å². The Labute approximate surface area is 200 Å². The first-order chi connectivity index (χ1) is 16.2. The molecule has 0 aliphatic carbocycles. The van der Waals surface area contributed by atoms with E-state index >= 15 is 0 Å². The number of nitrogens with one attached hydrogen (secondary N) is 1. The van der Waals surface area contributed by atoms with Crippen LogP contribution in [0.5, 0.6) is 5.75 Å². The summed E-state index contributed by atoms with van der Waals surface area (Å²) >= 11 is 0. The van der Waals surface area contributed by atoms with E-state index in [0.717, 1.165) is 17.7 Å². The zero-order valence-electron chi connectivity index (χ0n) is 19.2. The zero-order chi connectivity index (χ0) is 24.6. The van der Waals surface area contributed by atoms with E-state index in [4.69, 9.17) is 9.29 Å². The monoisotopic (exact) mass is 483 g/mol. The van der Waals surface area contributed by atoms with Gasteiger partial charge in [-0.2, -0.15) is 8.42 Å². The number of ether oxygens (including phenoxy) is 1. The summed E-state index contributed by atoms with van der Waals surface area (Å²) in [5.41, 5.74) is 2.69. The molecule has 180 valence electrons. The lowest BCUT2D eigenvalue weighted by Crippen LogP contribution is -2.25. The van der Waals surface area contributed by atoms with Crippen molar-refractivity contribution >= 4 is 16.4 Å². The molecule has 1 atom stereocenters. The topological polar surface area (TPSA) is 102 Å². The van der Waals surface area contributed by atoms with Crippen molar-refractivity contribution in [2.75, 3.05) is 6.54 Å². The van der Waals surface area contributed by atoms with Crippen LogP contribution in [-0.2, 0) is 21.2 Å². The van der Waals surface area contributed by atoms with Gasteiger partial charge in [0.25, 0.3) is 0 Å². The molecule has 34 heavy (non-hydrogen) atoms. The molecule has 3 aromatic rings. The fourth-order valence-corrected chi connectivity index (χ4v) is 3.92. The number of hydrogen-bond acceptors (Lipinski definition) is 6. The predicted molar refractivity (Wildman–Crippen MR) is 130 cm³/mol. The molecule has 1 unspecified atom stereocenters. The van der Waals surface area contributed by atoms with Gasteiger partial charge in [0.15, 0.2) is 0 Å². The van der Waals surface area contributed by atoms with Gasteiger partial charge in [-0.05, 0) is 48.4 Å². The molecule has 0 spiro atoms. The Kier molecular flexibility index (Phi) is 8.95. The van der Waals surface area contributed by atoms with Crippen molar-refractivity contribution in [2.24, 2.45) is 0 Å². The van der Waals surface area contributed by atoms with Crippen LogP contribution in [-0.4, -0.2) is 31.5 Å². The molecule has 0 fully saturated rings. The highest BCUT2D eigenvalue weighted by Crippen LogP contribution is 2.36. The van der Waals surface area contributed by atoms with Crippen molar-refractivity contribution in [1.29, 1.82) is 0 Å². The quantitative estimate of drug-likeness (QED) is 0.231. The van der Waals surface area contributed by atoms with Crippen molar-refractivity contribution in [3.8, 4) is 5.75 Å². The predicted octanol–water partition coefficient (Wildman–Crippen LogP) is 4.75. The molecule has 3 aromatic carbocycles. The average molecular weight is 484 g/mol. The normalized spacial score (nSPS) is 12.5. The second-order valence-electron chi connectivity index (χ2n) is 8.18. The summed E-state index contributed by atoms with van der Waals surface area (Å²) in [5.74, 6) is -0.254. The maximum atomic E-state index is 12.8. The minimum Gasteiger partial charge on any atom is -0.423 e. The van der Waals surface area contributed by atoms with Crippen molar-refractivity contribution in [3.05, 3.63) is 101 Å². The van der Waals surface area contributed by atoms with E-state index < -0.39 is 16.4 Å². The number of rotatable bonds is 11. The lowest BCUT2D eigenvalue weighted by atomic mass is 9.87. The van der Waals surface area contributed by atoms with E-state index in [2.05, 4.69) is 23.3 Å². The molecule has 8 heteroatoms. The van der Waals surface area contributed by atoms with Gasteiger partial charge in [-0.25, -0.2) is 8.98 Å². The first-order valence-electron chi connectivity index (χ1n) is 11.0. The van der Waals surface area contributed by atoms with Crippen LogP contribution in [0.2, 0.25) is 0 Å². The van der Waals surface area contributed by atoms with E-state index in [1.165, 1.54) is 0 Å². The Bertz CT molecular complexity index is 1180. The van der Waals surface area contributed by atoms with Crippen molar-refractivity contribution < 1.29 is 26.7 Å². The van der Waals surface area contributed by atoms with Crippen molar-refractivity contribution in [3.63, 3.8) is 0 Å². The largest absolute Gasteiger partial charge is 0.423 e. The summed E-state index contributed by atoms with van der Waals surface area (Å²) in [5, 5.41) is 3.42. The Morgan fingerprint density at radius 3 is 2.24 bits per heavy atom. The molecule has 0 amide bonds. The lowest BCUT2D eigenvalue weighted by Gasteiger charge is -2.22. The zero-order valence-corrected chi connectivity index (χ0v) is 20.0. The fraction of sp³-hybridized carbons (Fsp3) is 0.269. The van der Waals surface area contributed by atoms with Gasteiger partial charge in [0.05, 0.1) is 12.2 Å². The van der Waals surface area contributed by atoms with Crippen LogP contribution in [0.25, 0.3) is 0 Å². The van der Waals surface area contributed by atoms with E-state index in [9.17, 15) is 13.2 Å². The second-order valence-corrected chi connectivity index (χ2v) is 9.27. The lowest BCUT2D eigenvalue weighted by molar-refractivity contribution is 0.0732. The van der Waals surface area contributed by atoms with Crippen LogP contribution >= 0.6 is 0 Å². The molecule has 0 aromatic heterocycles. The Morgan fingerprint density at radius 2 is 1.62 bits per heavy atom. The summed E-state index contributed by atoms with van der Waals surface area (Å²) in [4.78, 5) is 12.8. The highest BCUT2D eigenvalue weighted by molar-refractivity contribution is 7.80. The van der Waals surface area contributed by atoms with Gasteiger partial charge in [-0.1, -0.05) is 68.4 Å². The van der Waals surface area contributed by atoms with Gasteiger partial charge in [0, 0.05) is 17.5 Å². The van der Waals surface area contributed by atoms with Gasteiger partial charge >= 0.3 is 16.4 Å². The average Bonchev–Trinajstić information content (AvgIpc) is 2.82. The fourth-order valence-electron chi connectivity index (χ4n) is 3.63. The molecule has 0 radical (unpaired) electrons. The van der Waals surface area contributed by atoms with E-state index in [1.54, 1.807) is 42.5 Å². The Balaban J connectivity index is 2.00. The highest BCUT2D eigenvalue weighted by atomic mass is 32.3. The summed E-state index contributed by atoms with van der Waals surface area (Å²) in [6, 6.07) is 23.8. The molecule has 0 saturated carbocycles. The van der Waals surface area contributed by atoms with Gasteiger partial charge in [0.2, 0.25) is 0 Å². The molecule has 3 rings (SSSR count). The molecule has 0 heterocycles. The molecule has 2 N–H and O–H groups in total. The molecule has 0 bridgehead atoms. The first-order valence-corrected chi connectivity index (χ1v) is 12.4. The summed E-state index contributed by atoms with van der Waals surface area (Å²) in [6.07, 6.45) is 0.709. The number of carbonyl (C=O) groups excluding carboxylic acids is 1. The van der Waals surface area contributed by atoms with Crippen LogP contribution in [0, 0.1) is 0 Å². The molecule has 0 aliphatic rings. The maximum absolute atomic E-state index is 12.8. The maximum Gasteiger partial charge on any atom is 0.397 e. The van der Waals surface area contributed by atoms with Gasteiger partial charge in [0.1, 0.15) is 5.75 Å². The van der Waals surface area contributed by atoms with E-state index in [-0.39, 0.29) is 12.5 Å². The number of carbonyl (C=O) groups is 1. The van der Waals surface area contributed by atoms with Crippen LogP contribution in [0.15, 0.2) is 78.9 Å². The Hall–Kier alpha value is -3.04. The summed E-state index contributed by atoms with van der Waals surface area (Å²) < 4.78 is 41.5. The number of esters is 1. The third-order valence-corrected chi connectivity index (χ3v) is 5.64. The van der Waals surface area contributed by atoms with Crippen LogP contribution < -0.4 is 10.1 Å². The molecular formula is C26H29NO6S. The van der Waals surface area contributed by atoms with Crippen LogP contribution in [0.4, 0.5) is 0 Å². The smallest absolute Gasteiger partial charge is 0.397 e. The first kappa shape index (κ1) is 25.6. The SMILES string of the molecule is CC(C)NCCC(c1ccccc1)c1cc(COS(=O)(=O)O)ccc1OC(=O)c1ccccc1. The summed E-state index contributed by atoms with van der Waals surface area (Å²) in [7, 11) is -4.59. The number of benzene rings is 3. The highest BCUT2D eigenvalue weighted by Gasteiger charge is 2.22. The molecule has 0 aliphatic heterocycles. The minimum absolute atomic E-state index is 0.142. The van der Waals surface area contributed by atoms with E-state index in [1.807, 2.05) is 36.4 Å². The molecule has 0 saturated heterocycles. The van der Waals surface area contributed by atoms with Gasteiger partial charge in [-0.3, -0.25) is 4.55 Å². The Morgan fingerprint density at radius 1 is 0.971 bits per heavy atom.